The van der Waals surface area contributed by atoms with E-state index in [4.69, 9.17) is 9.47 Å². The quantitative estimate of drug-likeness (QED) is 0.766. The molecular formula is C16H32N2O3. The zero-order valence-corrected chi connectivity index (χ0v) is 13.8. The Morgan fingerprint density at radius 2 is 1.81 bits per heavy atom. The molecule has 0 aliphatic carbocycles. The molecule has 0 aromatic carbocycles. The van der Waals surface area contributed by atoms with Gasteiger partial charge in [-0.1, -0.05) is 0 Å². The number of aliphatic hydroxyl groups excluding tert-OH is 1. The van der Waals surface area contributed by atoms with Gasteiger partial charge in [-0.05, 0) is 52.6 Å². The van der Waals surface area contributed by atoms with Crippen molar-refractivity contribution in [3.63, 3.8) is 0 Å². The average Bonchev–Trinajstić information content (AvgIpc) is 2.40. The van der Waals surface area contributed by atoms with Crippen LogP contribution in [0, 0.1) is 0 Å². The van der Waals surface area contributed by atoms with E-state index in [2.05, 4.69) is 24.1 Å². The SMILES string of the molecule is COCC(O)CN1CCC(NC2CC(C)OC(C)C2)CC1. The third-order valence-electron chi connectivity index (χ3n) is 4.58. The predicted octanol–water partition coefficient (Wildman–Crippen LogP) is 1.00. The Balaban J connectivity index is 1.67. The van der Waals surface area contributed by atoms with Crippen molar-refractivity contribution in [2.45, 2.75) is 69.9 Å². The fourth-order valence-electron chi connectivity index (χ4n) is 3.70. The fraction of sp³-hybridized carbons (Fsp3) is 1.00. The summed E-state index contributed by atoms with van der Waals surface area (Å²) in [6.07, 6.45) is 4.95. The molecule has 0 aromatic heterocycles. The molecule has 3 atom stereocenters. The molecule has 0 amide bonds. The summed E-state index contributed by atoms with van der Waals surface area (Å²) in [5, 5.41) is 13.6. The number of rotatable bonds is 6. The molecule has 0 aromatic rings. The summed E-state index contributed by atoms with van der Waals surface area (Å²) in [6, 6.07) is 1.21. The molecule has 2 aliphatic heterocycles. The van der Waals surface area contributed by atoms with Gasteiger partial charge in [0.05, 0.1) is 24.9 Å². The average molecular weight is 300 g/mol. The standard InChI is InChI=1S/C16H32N2O3/c1-12-8-15(9-13(2)21-12)17-14-4-6-18(7-5-14)10-16(19)11-20-3/h12-17,19H,4-11H2,1-3H3. The zero-order chi connectivity index (χ0) is 15.2. The van der Waals surface area contributed by atoms with Crippen LogP contribution in [0.3, 0.4) is 0 Å². The van der Waals surface area contributed by atoms with Crippen LogP contribution in [0.25, 0.3) is 0 Å². The number of likely N-dealkylation sites (tertiary alicyclic amines) is 1. The molecule has 3 unspecified atom stereocenters. The molecule has 2 fully saturated rings. The van der Waals surface area contributed by atoms with Crippen LogP contribution in [0.5, 0.6) is 0 Å². The Kier molecular flexibility index (Phi) is 6.89. The lowest BCUT2D eigenvalue weighted by atomic mass is 9.96. The minimum Gasteiger partial charge on any atom is -0.389 e. The number of methoxy groups -OCH3 is 1. The second-order valence-electron chi connectivity index (χ2n) is 6.78. The summed E-state index contributed by atoms with van der Waals surface area (Å²) in [7, 11) is 1.63. The van der Waals surface area contributed by atoms with Crippen LogP contribution in [0.4, 0.5) is 0 Å². The van der Waals surface area contributed by atoms with E-state index in [1.807, 2.05) is 0 Å². The van der Waals surface area contributed by atoms with E-state index in [0.29, 0.717) is 30.9 Å². The Labute approximate surface area is 129 Å². The second kappa shape index (κ2) is 8.44. The number of β-amino-alcohol motifs (C(OH)–C–C–N with tert-alkyl or cyclic N) is 1. The number of nitrogens with zero attached hydrogens (tertiary/aromatic N) is 1. The summed E-state index contributed by atoms with van der Waals surface area (Å²) in [5.74, 6) is 0. The number of nitrogens with one attached hydrogen (secondary N) is 1. The van der Waals surface area contributed by atoms with Gasteiger partial charge in [-0.3, -0.25) is 0 Å². The molecule has 2 saturated heterocycles. The van der Waals surface area contributed by atoms with E-state index in [-0.39, 0.29) is 6.10 Å². The molecule has 2 aliphatic rings. The smallest absolute Gasteiger partial charge is 0.0900 e. The molecule has 0 spiro atoms. The van der Waals surface area contributed by atoms with Crippen LogP contribution in [0.1, 0.15) is 39.5 Å². The van der Waals surface area contributed by atoms with Gasteiger partial charge in [0.2, 0.25) is 0 Å². The van der Waals surface area contributed by atoms with Crippen molar-refractivity contribution in [3.05, 3.63) is 0 Å². The lowest BCUT2D eigenvalue weighted by Crippen LogP contribution is -2.50. The third kappa shape index (κ3) is 5.83. The summed E-state index contributed by atoms with van der Waals surface area (Å²) in [6.45, 7) is 7.62. The zero-order valence-electron chi connectivity index (χ0n) is 13.8. The van der Waals surface area contributed by atoms with Crippen molar-refractivity contribution < 1.29 is 14.6 Å². The molecule has 2 N–H and O–H groups in total. The van der Waals surface area contributed by atoms with Gasteiger partial charge in [0.15, 0.2) is 0 Å². The topological polar surface area (TPSA) is 54.0 Å². The first-order valence-corrected chi connectivity index (χ1v) is 8.37. The fourth-order valence-corrected chi connectivity index (χ4v) is 3.70. The summed E-state index contributed by atoms with van der Waals surface area (Å²) in [5.41, 5.74) is 0. The van der Waals surface area contributed by atoms with Crippen LogP contribution in [0.2, 0.25) is 0 Å². The van der Waals surface area contributed by atoms with Gasteiger partial charge in [0.25, 0.3) is 0 Å². The highest BCUT2D eigenvalue weighted by Crippen LogP contribution is 2.21. The highest BCUT2D eigenvalue weighted by Gasteiger charge is 2.28. The maximum absolute atomic E-state index is 9.79. The minimum atomic E-state index is -0.364. The Bertz CT molecular complexity index is 285. The first-order valence-electron chi connectivity index (χ1n) is 8.37. The van der Waals surface area contributed by atoms with Crippen molar-refractivity contribution in [1.29, 1.82) is 0 Å². The van der Waals surface area contributed by atoms with E-state index >= 15 is 0 Å². The van der Waals surface area contributed by atoms with Gasteiger partial charge in [0.1, 0.15) is 0 Å². The molecule has 0 bridgehead atoms. The molecule has 0 radical (unpaired) electrons. The molecule has 2 rings (SSSR count). The van der Waals surface area contributed by atoms with Gasteiger partial charge in [-0.25, -0.2) is 0 Å². The number of piperidine rings is 1. The van der Waals surface area contributed by atoms with Gasteiger partial charge < -0.3 is 24.8 Å². The van der Waals surface area contributed by atoms with E-state index in [0.717, 1.165) is 32.5 Å². The number of aliphatic hydroxyl groups is 1. The first kappa shape index (κ1) is 17.2. The number of hydrogen-bond donors (Lipinski definition) is 2. The molecule has 5 heteroatoms. The summed E-state index contributed by atoms with van der Waals surface area (Å²) < 4.78 is 10.8. The number of hydrogen-bond acceptors (Lipinski definition) is 5. The van der Waals surface area contributed by atoms with Crippen molar-refractivity contribution in [2.24, 2.45) is 0 Å². The van der Waals surface area contributed by atoms with Gasteiger partial charge in [-0.2, -0.15) is 0 Å². The molecule has 124 valence electrons. The Morgan fingerprint density at radius 1 is 1.19 bits per heavy atom. The lowest BCUT2D eigenvalue weighted by molar-refractivity contribution is -0.0448. The third-order valence-corrected chi connectivity index (χ3v) is 4.58. The van der Waals surface area contributed by atoms with Gasteiger partial charge in [-0.15, -0.1) is 0 Å². The lowest BCUT2D eigenvalue weighted by Gasteiger charge is -2.38. The van der Waals surface area contributed by atoms with E-state index < -0.39 is 0 Å². The summed E-state index contributed by atoms with van der Waals surface area (Å²) >= 11 is 0. The molecule has 5 nitrogen and oxygen atoms in total. The van der Waals surface area contributed by atoms with Crippen molar-refractivity contribution in [2.75, 3.05) is 33.4 Å². The maximum Gasteiger partial charge on any atom is 0.0900 e. The van der Waals surface area contributed by atoms with Crippen LogP contribution < -0.4 is 5.32 Å². The van der Waals surface area contributed by atoms with Crippen LogP contribution in [-0.2, 0) is 9.47 Å². The van der Waals surface area contributed by atoms with Gasteiger partial charge in [0, 0.05) is 25.7 Å². The first-order chi connectivity index (χ1) is 10.1. The number of ether oxygens (including phenoxy) is 2. The van der Waals surface area contributed by atoms with E-state index in [1.54, 1.807) is 7.11 Å². The second-order valence-corrected chi connectivity index (χ2v) is 6.78. The molecule has 2 heterocycles. The van der Waals surface area contributed by atoms with Gasteiger partial charge >= 0.3 is 0 Å². The van der Waals surface area contributed by atoms with Crippen molar-refractivity contribution in [3.8, 4) is 0 Å². The normalized spacial score (nSPS) is 34.0. The monoisotopic (exact) mass is 300 g/mol. The van der Waals surface area contributed by atoms with E-state index in [1.165, 1.54) is 12.8 Å². The van der Waals surface area contributed by atoms with Crippen LogP contribution in [0.15, 0.2) is 0 Å². The molecular weight excluding hydrogens is 268 g/mol. The predicted molar refractivity (Wildman–Crippen MR) is 83.5 cm³/mol. The summed E-state index contributed by atoms with van der Waals surface area (Å²) in [4.78, 5) is 2.34. The van der Waals surface area contributed by atoms with Crippen LogP contribution in [-0.4, -0.2) is 73.8 Å². The highest BCUT2D eigenvalue weighted by molar-refractivity contribution is 4.85. The van der Waals surface area contributed by atoms with Crippen molar-refractivity contribution in [1.82, 2.24) is 10.2 Å². The van der Waals surface area contributed by atoms with Crippen LogP contribution >= 0.6 is 0 Å². The minimum absolute atomic E-state index is 0.364. The Morgan fingerprint density at radius 3 is 2.38 bits per heavy atom. The molecule has 21 heavy (non-hydrogen) atoms. The van der Waals surface area contributed by atoms with E-state index in [9.17, 15) is 5.11 Å². The molecule has 0 saturated carbocycles. The maximum atomic E-state index is 9.79. The van der Waals surface area contributed by atoms with Crippen molar-refractivity contribution >= 4 is 0 Å². The Hall–Kier alpha value is -0.200. The largest absolute Gasteiger partial charge is 0.389 e. The highest BCUT2D eigenvalue weighted by atomic mass is 16.5.